The van der Waals surface area contributed by atoms with Crippen molar-refractivity contribution in [2.45, 2.75) is 6.42 Å². The minimum atomic E-state index is -0.688. The van der Waals surface area contributed by atoms with E-state index in [0.29, 0.717) is 11.4 Å². The van der Waals surface area contributed by atoms with Gasteiger partial charge in [0.2, 0.25) is 11.8 Å². The van der Waals surface area contributed by atoms with Crippen molar-refractivity contribution in [2.24, 2.45) is 5.73 Å². The molecule has 124 valence electrons. The van der Waals surface area contributed by atoms with Gasteiger partial charge in [-0.05, 0) is 23.8 Å². The summed E-state index contributed by atoms with van der Waals surface area (Å²) in [5.74, 6) is -0.604. The Labute approximate surface area is 139 Å². The van der Waals surface area contributed by atoms with E-state index >= 15 is 0 Å². The van der Waals surface area contributed by atoms with Crippen molar-refractivity contribution < 1.29 is 14.4 Å². The van der Waals surface area contributed by atoms with Gasteiger partial charge in [0.05, 0.1) is 13.0 Å². The smallest absolute Gasteiger partial charge is 0.316 e. The summed E-state index contributed by atoms with van der Waals surface area (Å²) in [6.07, 6.45) is 0.214. The predicted octanol–water partition coefficient (Wildman–Crippen LogP) is 1.47. The van der Waals surface area contributed by atoms with E-state index < -0.39 is 6.03 Å². The van der Waals surface area contributed by atoms with Crippen molar-refractivity contribution in [1.82, 2.24) is 5.32 Å². The van der Waals surface area contributed by atoms with Gasteiger partial charge in [-0.2, -0.15) is 0 Å². The summed E-state index contributed by atoms with van der Waals surface area (Å²) < 4.78 is 0. The van der Waals surface area contributed by atoms with E-state index in [4.69, 9.17) is 5.73 Å². The minimum Gasteiger partial charge on any atom is -0.351 e. The molecular weight excluding hydrogens is 308 g/mol. The zero-order valence-electron chi connectivity index (χ0n) is 12.9. The Morgan fingerprint density at radius 1 is 0.833 bits per heavy atom. The fourth-order valence-electron chi connectivity index (χ4n) is 2.04. The Bertz CT molecular complexity index is 732. The fraction of sp³-hybridized carbons (Fsp3) is 0.118. The average molecular weight is 326 g/mol. The lowest BCUT2D eigenvalue weighted by molar-refractivity contribution is -0.123. The summed E-state index contributed by atoms with van der Waals surface area (Å²) >= 11 is 0. The number of amides is 4. The Balaban J connectivity index is 1.80. The zero-order chi connectivity index (χ0) is 17.4. The Morgan fingerprint density at radius 3 is 2.17 bits per heavy atom. The van der Waals surface area contributed by atoms with Gasteiger partial charge < -0.3 is 21.7 Å². The van der Waals surface area contributed by atoms with Crippen LogP contribution in [0.25, 0.3) is 0 Å². The molecule has 0 atom stereocenters. The molecule has 0 aliphatic heterocycles. The van der Waals surface area contributed by atoms with E-state index in [0.717, 1.165) is 5.56 Å². The lowest BCUT2D eigenvalue weighted by Gasteiger charge is -2.09. The Kier molecular flexibility index (Phi) is 5.90. The highest BCUT2D eigenvalue weighted by molar-refractivity contribution is 5.96. The van der Waals surface area contributed by atoms with Gasteiger partial charge in [0.1, 0.15) is 0 Å². The van der Waals surface area contributed by atoms with Crippen molar-refractivity contribution in [2.75, 3.05) is 17.2 Å². The number of urea groups is 1. The number of nitrogens with two attached hydrogens (primary N) is 1. The van der Waals surface area contributed by atoms with Gasteiger partial charge in [-0.25, -0.2) is 4.79 Å². The van der Waals surface area contributed by atoms with Gasteiger partial charge >= 0.3 is 6.03 Å². The van der Waals surface area contributed by atoms with Gasteiger partial charge in [0.25, 0.3) is 0 Å². The first-order chi connectivity index (χ1) is 11.5. The molecule has 0 saturated heterocycles. The summed E-state index contributed by atoms with van der Waals surface area (Å²) in [4.78, 5) is 34.5. The molecule has 0 fully saturated rings. The molecule has 0 unspecified atom stereocenters. The van der Waals surface area contributed by atoms with Crippen LogP contribution >= 0.6 is 0 Å². The van der Waals surface area contributed by atoms with Crippen LogP contribution in [0.3, 0.4) is 0 Å². The second kappa shape index (κ2) is 8.33. The predicted molar refractivity (Wildman–Crippen MR) is 91.4 cm³/mol. The monoisotopic (exact) mass is 326 g/mol. The molecule has 7 heteroatoms. The Hall–Kier alpha value is -3.35. The van der Waals surface area contributed by atoms with Gasteiger partial charge in [-0.1, -0.05) is 36.4 Å². The van der Waals surface area contributed by atoms with Crippen molar-refractivity contribution >= 4 is 29.2 Å². The summed E-state index contributed by atoms with van der Waals surface area (Å²) in [5.41, 5.74) is 6.87. The second-order valence-corrected chi connectivity index (χ2v) is 5.06. The lowest BCUT2D eigenvalue weighted by Crippen LogP contribution is -2.33. The molecule has 5 N–H and O–H groups in total. The van der Waals surface area contributed by atoms with Crippen LogP contribution in [0, 0.1) is 0 Å². The largest absolute Gasteiger partial charge is 0.351 e. The van der Waals surface area contributed by atoms with E-state index in [9.17, 15) is 14.4 Å². The Morgan fingerprint density at radius 2 is 1.50 bits per heavy atom. The third kappa shape index (κ3) is 5.80. The quantitative estimate of drug-likeness (QED) is 0.644. The molecule has 24 heavy (non-hydrogen) atoms. The van der Waals surface area contributed by atoms with Crippen LogP contribution in [0.2, 0.25) is 0 Å². The molecule has 0 radical (unpaired) electrons. The van der Waals surface area contributed by atoms with Gasteiger partial charge in [0.15, 0.2) is 0 Å². The van der Waals surface area contributed by atoms with Crippen molar-refractivity contribution in [3.05, 3.63) is 60.2 Å². The van der Waals surface area contributed by atoms with Gasteiger partial charge in [-0.3, -0.25) is 9.59 Å². The summed E-state index contributed by atoms with van der Waals surface area (Å²) in [7, 11) is 0. The number of anilines is 2. The number of carbonyl (C=O) groups is 3. The van der Waals surface area contributed by atoms with Gasteiger partial charge in [0, 0.05) is 11.4 Å². The number of hydrogen-bond donors (Lipinski definition) is 4. The molecule has 7 nitrogen and oxygen atoms in total. The third-order valence-electron chi connectivity index (χ3n) is 3.07. The first-order valence-corrected chi connectivity index (χ1v) is 7.30. The van der Waals surface area contributed by atoms with E-state index in [2.05, 4.69) is 16.0 Å². The maximum atomic E-state index is 11.9. The zero-order valence-corrected chi connectivity index (χ0v) is 12.9. The molecule has 4 amide bonds. The first kappa shape index (κ1) is 17.0. The molecule has 0 aliphatic rings. The SMILES string of the molecule is NC(=O)Nc1cccc(NC(=O)CNC(=O)Cc2ccccc2)c1. The number of hydrogen-bond acceptors (Lipinski definition) is 3. The van der Waals surface area contributed by atoms with Crippen LogP contribution in [0.4, 0.5) is 16.2 Å². The van der Waals surface area contributed by atoms with Crippen molar-refractivity contribution in [3.8, 4) is 0 Å². The number of rotatable bonds is 6. The van der Waals surface area contributed by atoms with Crippen LogP contribution in [0.1, 0.15) is 5.56 Å². The maximum absolute atomic E-state index is 11.9. The molecule has 0 saturated carbocycles. The number of benzene rings is 2. The fourth-order valence-corrected chi connectivity index (χ4v) is 2.04. The molecule has 2 aromatic carbocycles. The molecule has 0 spiro atoms. The van der Waals surface area contributed by atoms with E-state index in [1.807, 2.05) is 30.3 Å². The first-order valence-electron chi connectivity index (χ1n) is 7.30. The van der Waals surface area contributed by atoms with Crippen LogP contribution < -0.4 is 21.7 Å². The number of primary amides is 1. The molecule has 0 bridgehead atoms. The molecular formula is C17H18N4O3. The third-order valence-corrected chi connectivity index (χ3v) is 3.07. The number of nitrogens with one attached hydrogen (secondary N) is 3. The highest BCUT2D eigenvalue weighted by Crippen LogP contribution is 2.14. The highest BCUT2D eigenvalue weighted by atomic mass is 16.2. The van der Waals surface area contributed by atoms with Crippen LogP contribution in [-0.4, -0.2) is 24.4 Å². The molecule has 2 aromatic rings. The van der Waals surface area contributed by atoms with Crippen molar-refractivity contribution in [3.63, 3.8) is 0 Å². The molecule has 2 rings (SSSR count). The molecule has 0 heterocycles. The standard InChI is InChI=1S/C17H18N4O3/c18-17(24)21-14-8-4-7-13(10-14)20-16(23)11-19-15(22)9-12-5-2-1-3-6-12/h1-8,10H,9,11H2,(H,19,22)(H,20,23)(H3,18,21,24). The highest BCUT2D eigenvalue weighted by Gasteiger charge is 2.07. The normalized spacial score (nSPS) is 9.83. The topological polar surface area (TPSA) is 113 Å². The maximum Gasteiger partial charge on any atom is 0.316 e. The second-order valence-electron chi connectivity index (χ2n) is 5.06. The van der Waals surface area contributed by atoms with Crippen molar-refractivity contribution in [1.29, 1.82) is 0 Å². The minimum absolute atomic E-state index is 0.140. The average Bonchev–Trinajstić information content (AvgIpc) is 2.53. The van der Waals surface area contributed by atoms with Gasteiger partial charge in [-0.15, -0.1) is 0 Å². The van der Waals surface area contributed by atoms with E-state index in [-0.39, 0.29) is 24.8 Å². The van der Waals surface area contributed by atoms with Crippen LogP contribution in [0.15, 0.2) is 54.6 Å². The summed E-state index contributed by atoms with van der Waals surface area (Å²) in [6, 6.07) is 15.1. The van der Waals surface area contributed by atoms with Crippen LogP contribution in [0.5, 0.6) is 0 Å². The van der Waals surface area contributed by atoms with E-state index in [1.165, 1.54) is 0 Å². The number of carbonyl (C=O) groups excluding carboxylic acids is 3. The molecule has 0 aromatic heterocycles. The molecule has 0 aliphatic carbocycles. The summed E-state index contributed by atoms with van der Waals surface area (Å²) in [5, 5.41) is 7.60. The summed E-state index contributed by atoms with van der Waals surface area (Å²) in [6.45, 7) is -0.140. The van der Waals surface area contributed by atoms with Crippen LogP contribution in [-0.2, 0) is 16.0 Å². The lowest BCUT2D eigenvalue weighted by atomic mass is 10.1. The van der Waals surface area contributed by atoms with E-state index in [1.54, 1.807) is 24.3 Å².